The Morgan fingerprint density at radius 2 is 1.65 bits per heavy atom. The van der Waals surface area contributed by atoms with Crippen molar-refractivity contribution >= 4 is 11.8 Å². The summed E-state index contributed by atoms with van der Waals surface area (Å²) in [6.45, 7) is 7.79. The summed E-state index contributed by atoms with van der Waals surface area (Å²) in [5, 5.41) is 3.76. The van der Waals surface area contributed by atoms with E-state index in [1.807, 2.05) is 0 Å². The average Bonchev–Trinajstić information content (AvgIpc) is 3.06. The predicted molar refractivity (Wildman–Crippen MR) is 74.8 cm³/mol. The Kier molecular flexibility index (Phi) is 4.27. The second kappa shape index (κ2) is 5.91. The first kappa shape index (κ1) is 12.3. The van der Waals surface area contributed by atoms with Gasteiger partial charge in [-0.3, -0.25) is 0 Å². The third-order valence-electron chi connectivity index (χ3n) is 4.16. The van der Waals surface area contributed by atoms with E-state index in [1.165, 1.54) is 70.0 Å². The van der Waals surface area contributed by atoms with Gasteiger partial charge in [-0.2, -0.15) is 11.8 Å². The molecule has 0 aromatic heterocycles. The van der Waals surface area contributed by atoms with Gasteiger partial charge in [-0.15, -0.1) is 0 Å². The second-order valence-corrected chi connectivity index (χ2v) is 6.91. The molecule has 17 heavy (non-hydrogen) atoms. The first-order chi connectivity index (χ1) is 8.40. The quantitative estimate of drug-likeness (QED) is 0.785. The fourth-order valence-electron chi connectivity index (χ4n) is 2.86. The molecule has 0 radical (unpaired) electrons. The molecule has 3 aliphatic rings. The van der Waals surface area contributed by atoms with E-state index < -0.39 is 0 Å². The van der Waals surface area contributed by atoms with Gasteiger partial charge in [-0.05, 0) is 25.8 Å². The van der Waals surface area contributed by atoms with Crippen LogP contribution < -0.4 is 5.32 Å². The fourth-order valence-corrected chi connectivity index (χ4v) is 3.84. The molecule has 0 aromatic carbocycles. The van der Waals surface area contributed by atoms with Crippen molar-refractivity contribution in [3.8, 4) is 0 Å². The maximum atomic E-state index is 3.76. The topological polar surface area (TPSA) is 18.5 Å². The second-order valence-electron chi connectivity index (χ2n) is 5.68. The highest BCUT2D eigenvalue weighted by atomic mass is 32.2. The standard InChI is InChI=1S/C13H25N3S/c1-2-12(1)14-13-3-4-16(11-13)6-5-15-7-9-17-10-8-15/h12-14H,1-11H2. The van der Waals surface area contributed by atoms with Gasteiger partial charge in [0, 0.05) is 56.3 Å². The lowest BCUT2D eigenvalue weighted by Crippen LogP contribution is -2.40. The lowest BCUT2D eigenvalue weighted by atomic mass is 10.2. The highest BCUT2D eigenvalue weighted by molar-refractivity contribution is 7.99. The van der Waals surface area contributed by atoms with Gasteiger partial charge in [0.25, 0.3) is 0 Å². The van der Waals surface area contributed by atoms with E-state index in [9.17, 15) is 0 Å². The van der Waals surface area contributed by atoms with Gasteiger partial charge in [0.05, 0.1) is 0 Å². The minimum Gasteiger partial charge on any atom is -0.310 e. The number of rotatable bonds is 5. The fraction of sp³-hybridized carbons (Fsp3) is 1.00. The predicted octanol–water partition coefficient (Wildman–Crippen LogP) is 0.861. The van der Waals surface area contributed by atoms with Gasteiger partial charge in [-0.1, -0.05) is 0 Å². The maximum absolute atomic E-state index is 3.76. The minimum atomic E-state index is 0.791. The summed E-state index contributed by atoms with van der Waals surface area (Å²) in [5.74, 6) is 2.68. The molecule has 1 N–H and O–H groups in total. The highest BCUT2D eigenvalue weighted by Gasteiger charge is 2.29. The van der Waals surface area contributed by atoms with Crippen LogP contribution in [0.2, 0.25) is 0 Å². The van der Waals surface area contributed by atoms with Crippen LogP contribution in [0.15, 0.2) is 0 Å². The van der Waals surface area contributed by atoms with Crippen molar-refractivity contribution in [2.45, 2.75) is 31.3 Å². The van der Waals surface area contributed by atoms with Crippen LogP contribution in [-0.2, 0) is 0 Å². The van der Waals surface area contributed by atoms with Gasteiger partial charge in [0.15, 0.2) is 0 Å². The van der Waals surface area contributed by atoms with Crippen molar-refractivity contribution in [1.29, 1.82) is 0 Å². The molecule has 3 nitrogen and oxygen atoms in total. The zero-order valence-corrected chi connectivity index (χ0v) is 11.6. The lowest BCUT2D eigenvalue weighted by Gasteiger charge is -2.28. The Balaban J connectivity index is 1.32. The van der Waals surface area contributed by atoms with Crippen LogP contribution in [0.25, 0.3) is 0 Å². The normalized spacial score (nSPS) is 32.1. The number of nitrogens with one attached hydrogen (secondary N) is 1. The summed E-state index contributed by atoms with van der Waals surface area (Å²) >= 11 is 2.11. The third-order valence-corrected chi connectivity index (χ3v) is 5.10. The number of hydrogen-bond donors (Lipinski definition) is 1. The first-order valence-corrected chi connectivity index (χ1v) is 8.34. The Bertz CT molecular complexity index is 239. The number of thioether (sulfide) groups is 1. The first-order valence-electron chi connectivity index (χ1n) is 7.19. The zero-order valence-electron chi connectivity index (χ0n) is 10.7. The van der Waals surface area contributed by atoms with Crippen molar-refractivity contribution < 1.29 is 0 Å². The van der Waals surface area contributed by atoms with Crippen molar-refractivity contribution in [3.63, 3.8) is 0 Å². The van der Waals surface area contributed by atoms with Gasteiger partial charge in [0.2, 0.25) is 0 Å². The minimum absolute atomic E-state index is 0.791. The molecular weight excluding hydrogens is 230 g/mol. The molecule has 2 aliphatic heterocycles. The monoisotopic (exact) mass is 255 g/mol. The average molecular weight is 255 g/mol. The molecule has 0 spiro atoms. The van der Waals surface area contributed by atoms with E-state index >= 15 is 0 Å². The summed E-state index contributed by atoms with van der Waals surface area (Å²) in [6, 6.07) is 1.67. The smallest absolute Gasteiger partial charge is 0.0209 e. The van der Waals surface area contributed by atoms with E-state index in [0.717, 1.165) is 12.1 Å². The molecular formula is C13H25N3S. The molecule has 2 heterocycles. The Hall–Kier alpha value is 0.230. The van der Waals surface area contributed by atoms with Crippen molar-refractivity contribution in [3.05, 3.63) is 0 Å². The third kappa shape index (κ3) is 3.85. The van der Waals surface area contributed by atoms with Gasteiger partial charge in [-0.25, -0.2) is 0 Å². The van der Waals surface area contributed by atoms with Crippen LogP contribution >= 0.6 is 11.8 Å². The number of hydrogen-bond acceptors (Lipinski definition) is 4. The van der Waals surface area contributed by atoms with Crippen LogP contribution in [0.5, 0.6) is 0 Å². The molecule has 1 aliphatic carbocycles. The summed E-state index contributed by atoms with van der Waals surface area (Å²) < 4.78 is 0. The molecule has 0 amide bonds. The van der Waals surface area contributed by atoms with Gasteiger partial charge >= 0.3 is 0 Å². The van der Waals surface area contributed by atoms with E-state index in [4.69, 9.17) is 0 Å². The number of likely N-dealkylation sites (tertiary alicyclic amines) is 1. The van der Waals surface area contributed by atoms with Crippen LogP contribution in [0, 0.1) is 0 Å². The van der Waals surface area contributed by atoms with E-state index in [1.54, 1.807) is 0 Å². The summed E-state index contributed by atoms with van der Waals surface area (Å²) in [4.78, 5) is 5.29. The Labute approximate surface area is 109 Å². The molecule has 3 rings (SSSR count). The molecule has 3 fully saturated rings. The molecule has 98 valence electrons. The summed E-state index contributed by atoms with van der Waals surface area (Å²) in [5.41, 5.74) is 0. The largest absolute Gasteiger partial charge is 0.310 e. The van der Waals surface area contributed by atoms with E-state index in [0.29, 0.717) is 0 Å². The van der Waals surface area contributed by atoms with Crippen molar-refractivity contribution in [1.82, 2.24) is 15.1 Å². The van der Waals surface area contributed by atoms with Crippen LogP contribution in [0.1, 0.15) is 19.3 Å². The van der Waals surface area contributed by atoms with E-state index in [2.05, 4.69) is 26.9 Å². The highest BCUT2D eigenvalue weighted by Crippen LogP contribution is 2.21. The maximum Gasteiger partial charge on any atom is 0.0209 e. The molecule has 0 aromatic rings. The van der Waals surface area contributed by atoms with Gasteiger partial charge < -0.3 is 15.1 Å². The van der Waals surface area contributed by atoms with Crippen molar-refractivity contribution in [2.24, 2.45) is 0 Å². The lowest BCUT2D eigenvalue weighted by molar-refractivity contribution is 0.237. The van der Waals surface area contributed by atoms with Crippen molar-refractivity contribution in [2.75, 3.05) is 50.8 Å². The Morgan fingerprint density at radius 1 is 0.882 bits per heavy atom. The SMILES string of the molecule is C1CN(CCN2CCC(NC3CC3)C2)CCS1. The van der Waals surface area contributed by atoms with Crippen LogP contribution in [0.4, 0.5) is 0 Å². The Morgan fingerprint density at radius 3 is 2.41 bits per heavy atom. The molecule has 1 unspecified atom stereocenters. The van der Waals surface area contributed by atoms with Crippen LogP contribution in [-0.4, -0.2) is 72.7 Å². The molecule has 1 atom stereocenters. The summed E-state index contributed by atoms with van der Waals surface area (Å²) in [7, 11) is 0. The van der Waals surface area contributed by atoms with Gasteiger partial charge in [0.1, 0.15) is 0 Å². The van der Waals surface area contributed by atoms with E-state index in [-0.39, 0.29) is 0 Å². The number of nitrogens with zero attached hydrogens (tertiary/aromatic N) is 2. The zero-order chi connectivity index (χ0) is 11.5. The van der Waals surface area contributed by atoms with Crippen LogP contribution in [0.3, 0.4) is 0 Å². The molecule has 1 saturated carbocycles. The molecule has 2 saturated heterocycles. The molecule has 0 bridgehead atoms. The molecule has 4 heteroatoms. The summed E-state index contributed by atoms with van der Waals surface area (Å²) in [6.07, 6.45) is 4.20.